The summed E-state index contributed by atoms with van der Waals surface area (Å²) < 4.78 is 5.22. The van der Waals surface area contributed by atoms with E-state index in [0.717, 1.165) is 0 Å². The Balaban J connectivity index is 3.02. The Labute approximate surface area is 113 Å². The lowest BCUT2D eigenvalue weighted by atomic mass is 10.2. The molecule has 1 N–H and O–H groups in total. The average molecular weight is 317 g/mol. The third-order valence-corrected chi connectivity index (χ3v) is 2.87. The highest BCUT2D eigenvalue weighted by atomic mass is 79.9. The predicted octanol–water partition coefficient (Wildman–Crippen LogP) is 2.72. The Kier molecular flexibility index (Phi) is 5.08. The monoisotopic (exact) mass is 316 g/mol. The van der Waals surface area contributed by atoms with Crippen molar-refractivity contribution in [1.82, 2.24) is 0 Å². The van der Waals surface area contributed by atoms with E-state index >= 15 is 0 Å². The van der Waals surface area contributed by atoms with Gasteiger partial charge in [0.2, 0.25) is 0 Å². The van der Waals surface area contributed by atoms with Crippen molar-refractivity contribution in [2.45, 2.75) is 19.4 Å². The number of ether oxygens (including phenoxy) is 1. The number of carbonyl (C=O) groups is 1. The van der Waals surface area contributed by atoms with Crippen molar-refractivity contribution in [3.63, 3.8) is 0 Å². The van der Waals surface area contributed by atoms with E-state index in [1.807, 2.05) is 0 Å². The minimum atomic E-state index is -0.602. The van der Waals surface area contributed by atoms with Gasteiger partial charge in [-0.15, -0.1) is 0 Å². The highest BCUT2D eigenvalue weighted by molar-refractivity contribution is 9.10. The molecule has 1 unspecified atom stereocenters. The van der Waals surface area contributed by atoms with Crippen molar-refractivity contribution in [3.05, 3.63) is 32.8 Å². The molecular formula is C11H13BrN2O4. The summed E-state index contributed by atoms with van der Waals surface area (Å²) in [4.78, 5) is 21.8. The molecule has 0 amide bonds. The summed E-state index contributed by atoms with van der Waals surface area (Å²) in [5.41, 5.74) is 0.201. The molecule has 18 heavy (non-hydrogen) atoms. The summed E-state index contributed by atoms with van der Waals surface area (Å²) in [7, 11) is 1.28. The van der Waals surface area contributed by atoms with Gasteiger partial charge in [-0.25, -0.2) is 4.79 Å². The third-order valence-electron chi connectivity index (χ3n) is 2.38. The summed E-state index contributed by atoms with van der Waals surface area (Å²) in [6, 6.07) is 3.99. The Morgan fingerprint density at radius 2 is 2.28 bits per heavy atom. The number of nitrogens with zero attached hydrogens (tertiary/aromatic N) is 1. The molecule has 1 rings (SSSR count). The van der Waals surface area contributed by atoms with E-state index in [4.69, 9.17) is 0 Å². The maximum absolute atomic E-state index is 11.4. The van der Waals surface area contributed by atoms with Gasteiger partial charge in [0, 0.05) is 10.5 Å². The van der Waals surface area contributed by atoms with Crippen LogP contribution >= 0.6 is 15.9 Å². The van der Waals surface area contributed by atoms with Gasteiger partial charge in [0.05, 0.1) is 12.0 Å². The van der Waals surface area contributed by atoms with Gasteiger partial charge in [0.1, 0.15) is 11.7 Å². The minimum absolute atomic E-state index is 0.0910. The maximum Gasteiger partial charge on any atom is 0.328 e. The lowest BCUT2D eigenvalue weighted by Crippen LogP contribution is -2.30. The number of halogens is 1. The lowest BCUT2D eigenvalue weighted by molar-refractivity contribution is -0.384. The van der Waals surface area contributed by atoms with Crippen molar-refractivity contribution in [2.24, 2.45) is 0 Å². The number of nitrogens with one attached hydrogen (secondary N) is 1. The molecule has 1 aromatic rings. The van der Waals surface area contributed by atoms with Crippen LogP contribution in [0.15, 0.2) is 22.7 Å². The van der Waals surface area contributed by atoms with Crippen LogP contribution in [0.4, 0.5) is 11.4 Å². The molecule has 98 valence electrons. The molecule has 7 heteroatoms. The maximum atomic E-state index is 11.4. The Morgan fingerprint density at radius 3 is 2.78 bits per heavy atom. The fourth-order valence-electron chi connectivity index (χ4n) is 1.44. The number of hydrogen-bond donors (Lipinski definition) is 1. The van der Waals surface area contributed by atoms with Gasteiger partial charge in [-0.1, -0.05) is 22.9 Å². The van der Waals surface area contributed by atoms with Gasteiger partial charge < -0.3 is 10.1 Å². The molecule has 0 saturated carbocycles. The van der Waals surface area contributed by atoms with Gasteiger partial charge in [-0.05, 0) is 18.6 Å². The van der Waals surface area contributed by atoms with Crippen LogP contribution in [0, 0.1) is 10.1 Å². The normalized spacial score (nSPS) is 11.7. The molecule has 0 radical (unpaired) electrons. The number of esters is 1. The zero-order valence-corrected chi connectivity index (χ0v) is 11.6. The Hall–Kier alpha value is -1.63. The van der Waals surface area contributed by atoms with Crippen molar-refractivity contribution < 1.29 is 14.5 Å². The molecule has 0 fully saturated rings. The quantitative estimate of drug-likeness (QED) is 0.513. The van der Waals surface area contributed by atoms with Crippen LogP contribution in [0.1, 0.15) is 13.3 Å². The van der Waals surface area contributed by atoms with Crippen LogP contribution in [0.5, 0.6) is 0 Å². The van der Waals surface area contributed by atoms with E-state index in [2.05, 4.69) is 26.0 Å². The van der Waals surface area contributed by atoms with Crippen LogP contribution in [0.2, 0.25) is 0 Å². The van der Waals surface area contributed by atoms with Crippen molar-refractivity contribution in [2.75, 3.05) is 12.4 Å². The first-order valence-electron chi connectivity index (χ1n) is 5.27. The molecule has 0 aliphatic heterocycles. The molecule has 1 atom stereocenters. The summed E-state index contributed by atoms with van der Waals surface area (Å²) >= 11 is 3.17. The smallest absolute Gasteiger partial charge is 0.328 e. The number of carbonyl (C=O) groups excluding carboxylic acids is 1. The molecule has 0 aliphatic carbocycles. The molecule has 0 aromatic heterocycles. The third kappa shape index (κ3) is 3.43. The van der Waals surface area contributed by atoms with Gasteiger partial charge in [0.15, 0.2) is 0 Å². The SMILES string of the molecule is CCC(Nc1ccc(Br)cc1[N+](=O)[O-])C(=O)OC. The van der Waals surface area contributed by atoms with E-state index in [-0.39, 0.29) is 5.69 Å². The molecule has 1 aromatic carbocycles. The standard InChI is InChI=1S/C11H13BrN2O4/c1-3-8(11(15)18-2)13-9-5-4-7(12)6-10(9)14(16)17/h4-6,8,13H,3H2,1-2H3. The fourth-order valence-corrected chi connectivity index (χ4v) is 1.78. The van der Waals surface area contributed by atoms with Crippen molar-refractivity contribution >= 4 is 33.3 Å². The first-order valence-corrected chi connectivity index (χ1v) is 6.07. The fraction of sp³-hybridized carbons (Fsp3) is 0.364. The van der Waals surface area contributed by atoms with Gasteiger partial charge in [0.25, 0.3) is 5.69 Å². The zero-order chi connectivity index (χ0) is 13.7. The molecule has 0 bridgehead atoms. The first kappa shape index (κ1) is 14.4. The van der Waals surface area contributed by atoms with Crippen LogP contribution in [0.3, 0.4) is 0 Å². The summed E-state index contributed by atoms with van der Waals surface area (Å²) in [5.74, 6) is -0.449. The first-order chi connectivity index (χ1) is 8.49. The van der Waals surface area contributed by atoms with E-state index in [1.165, 1.54) is 13.2 Å². The van der Waals surface area contributed by atoms with Gasteiger partial charge in [-0.3, -0.25) is 10.1 Å². The number of anilines is 1. The van der Waals surface area contributed by atoms with Gasteiger partial charge in [-0.2, -0.15) is 0 Å². The largest absolute Gasteiger partial charge is 0.467 e. The minimum Gasteiger partial charge on any atom is -0.467 e. The molecule has 6 nitrogen and oxygen atoms in total. The Bertz CT molecular complexity index is 464. The number of rotatable bonds is 5. The van der Waals surface area contributed by atoms with Crippen LogP contribution in [-0.2, 0) is 9.53 Å². The average Bonchev–Trinajstić information content (AvgIpc) is 2.36. The van der Waals surface area contributed by atoms with Crippen LogP contribution in [-0.4, -0.2) is 24.0 Å². The molecule has 0 aliphatic rings. The van der Waals surface area contributed by atoms with E-state index in [1.54, 1.807) is 19.1 Å². The summed E-state index contributed by atoms with van der Waals surface area (Å²) in [5, 5.41) is 13.7. The number of hydrogen-bond acceptors (Lipinski definition) is 5. The summed E-state index contributed by atoms with van der Waals surface area (Å²) in [6.45, 7) is 1.79. The van der Waals surface area contributed by atoms with E-state index in [0.29, 0.717) is 16.6 Å². The van der Waals surface area contributed by atoms with Crippen LogP contribution < -0.4 is 5.32 Å². The van der Waals surface area contributed by atoms with E-state index in [9.17, 15) is 14.9 Å². The second-order valence-corrected chi connectivity index (χ2v) is 4.46. The number of benzene rings is 1. The number of methoxy groups -OCH3 is 1. The highest BCUT2D eigenvalue weighted by Crippen LogP contribution is 2.28. The predicted molar refractivity (Wildman–Crippen MR) is 70.5 cm³/mol. The highest BCUT2D eigenvalue weighted by Gasteiger charge is 2.21. The second-order valence-electron chi connectivity index (χ2n) is 3.55. The van der Waals surface area contributed by atoms with Crippen molar-refractivity contribution in [3.8, 4) is 0 Å². The zero-order valence-electron chi connectivity index (χ0n) is 9.97. The molecule has 0 saturated heterocycles. The van der Waals surface area contributed by atoms with Crippen LogP contribution in [0.25, 0.3) is 0 Å². The Morgan fingerprint density at radius 1 is 1.61 bits per heavy atom. The lowest BCUT2D eigenvalue weighted by Gasteiger charge is -2.15. The summed E-state index contributed by atoms with van der Waals surface area (Å²) in [6.07, 6.45) is 0.472. The molecule has 0 heterocycles. The second kappa shape index (κ2) is 6.34. The number of nitro groups is 1. The molecular weight excluding hydrogens is 304 g/mol. The molecule has 0 spiro atoms. The number of nitro benzene ring substituents is 1. The van der Waals surface area contributed by atoms with Gasteiger partial charge >= 0.3 is 5.97 Å². The van der Waals surface area contributed by atoms with Crippen molar-refractivity contribution in [1.29, 1.82) is 0 Å². The van der Waals surface area contributed by atoms with E-state index < -0.39 is 16.9 Å². The topological polar surface area (TPSA) is 81.5 Å².